The smallest absolute Gasteiger partial charge is 0.387 e. The van der Waals surface area contributed by atoms with Crippen LogP contribution < -0.4 is 10.6 Å². The molecular weight excluding hydrogens is 357 g/mol. The highest BCUT2D eigenvalue weighted by atomic mass is 19.4. The van der Waals surface area contributed by atoms with Crippen LogP contribution in [0.5, 0.6) is 0 Å². The summed E-state index contributed by atoms with van der Waals surface area (Å²) >= 11 is 0. The number of ether oxygens (including phenoxy) is 1. The standard InChI is InChI=1S/C20H21F3N2O2/c1-19(11-27-12-19)17(13-6-4-3-5-7-13)25-18(26)15-9-8-14(20(21,22)23)10-16(15)24-2/h3-10,17,24H,11-12H2,1-2H3,(H,25,26). The van der Waals surface area contributed by atoms with Crippen molar-refractivity contribution < 1.29 is 22.7 Å². The lowest BCUT2D eigenvalue weighted by molar-refractivity contribution is -0.137. The first kappa shape index (κ1) is 19.2. The number of amides is 1. The second-order valence-corrected chi connectivity index (χ2v) is 6.97. The van der Waals surface area contributed by atoms with Gasteiger partial charge in [-0.05, 0) is 23.8 Å². The number of hydrogen-bond acceptors (Lipinski definition) is 3. The molecule has 27 heavy (non-hydrogen) atoms. The van der Waals surface area contributed by atoms with Gasteiger partial charge >= 0.3 is 6.18 Å². The number of nitrogens with one attached hydrogen (secondary N) is 2. The third-order valence-electron chi connectivity index (χ3n) is 4.83. The van der Waals surface area contributed by atoms with E-state index in [2.05, 4.69) is 10.6 Å². The third-order valence-corrected chi connectivity index (χ3v) is 4.83. The van der Waals surface area contributed by atoms with Crippen molar-refractivity contribution in [2.24, 2.45) is 5.41 Å². The van der Waals surface area contributed by atoms with Crippen LogP contribution in [0.2, 0.25) is 0 Å². The minimum atomic E-state index is -4.47. The number of hydrogen-bond donors (Lipinski definition) is 2. The molecule has 1 heterocycles. The van der Waals surface area contributed by atoms with Crippen LogP contribution in [0, 0.1) is 5.41 Å². The van der Waals surface area contributed by atoms with Crippen LogP contribution in [0.1, 0.15) is 34.5 Å². The Bertz CT molecular complexity index is 818. The Kier molecular flexibility index (Phi) is 5.15. The van der Waals surface area contributed by atoms with Crippen LogP contribution in [0.4, 0.5) is 18.9 Å². The second-order valence-electron chi connectivity index (χ2n) is 6.97. The first-order chi connectivity index (χ1) is 12.7. The molecule has 1 atom stereocenters. The van der Waals surface area contributed by atoms with Crippen LogP contribution in [0.15, 0.2) is 48.5 Å². The van der Waals surface area contributed by atoms with Crippen molar-refractivity contribution in [2.75, 3.05) is 25.6 Å². The van der Waals surface area contributed by atoms with Crippen molar-refractivity contribution in [1.29, 1.82) is 0 Å². The van der Waals surface area contributed by atoms with E-state index in [4.69, 9.17) is 4.74 Å². The summed E-state index contributed by atoms with van der Waals surface area (Å²) < 4.78 is 44.1. The Hall–Kier alpha value is -2.54. The summed E-state index contributed by atoms with van der Waals surface area (Å²) in [5.41, 5.74) is 0.138. The average Bonchev–Trinajstić information content (AvgIpc) is 2.63. The van der Waals surface area contributed by atoms with Crippen LogP contribution in [0.3, 0.4) is 0 Å². The molecule has 1 fully saturated rings. The number of anilines is 1. The van der Waals surface area contributed by atoms with Crippen LogP contribution in [-0.4, -0.2) is 26.2 Å². The van der Waals surface area contributed by atoms with E-state index >= 15 is 0 Å². The van der Waals surface area contributed by atoms with Crippen LogP contribution >= 0.6 is 0 Å². The molecule has 3 rings (SSSR count). The fourth-order valence-corrected chi connectivity index (χ4v) is 3.23. The second kappa shape index (κ2) is 7.23. The summed E-state index contributed by atoms with van der Waals surface area (Å²) in [4.78, 5) is 12.9. The predicted molar refractivity (Wildman–Crippen MR) is 96.6 cm³/mol. The van der Waals surface area contributed by atoms with Gasteiger partial charge in [0.25, 0.3) is 5.91 Å². The van der Waals surface area contributed by atoms with Crippen molar-refractivity contribution in [3.05, 3.63) is 65.2 Å². The van der Waals surface area contributed by atoms with Crippen molar-refractivity contribution in [1.82, 2.24) is 5.32 Å². The van der Waals surface area contributed by atoms with E-state index in [0.29, 0.717) is 13.2 Å². The molecule has 1 amide bonds. The largest absolute Gasteiger partial charge is 0.416 e. The molecular formula is C20H21F3N2O2. The maximum atomic E-state index is 12.9. The monoisotopic (exact) mass is 378 g/mol. The fourth-order valence-electron chi connectivity index (χ4n) is 3.23. The molecule has 0 spiro atoms. The first-order valence-electron chi connectivity index (χ1n) is 8.57. The van der Waals surface area contributed by atoms with E-state index in [0.717, 1.165) is 17.7 Å². The Morgan fingerprint density at radius 1 is 1.15 bits per heavy atom. The van der Waals surface area contributed by atoms with Crippen molar-refractivity contribution in [3.8, 4) is 0 Å². The quantitative estimate of drug-likeness (QED) is 0.818. The highest BCUT2D eigenvalue weighted by Gasteiger charge is 2.43. The molecule has 144 valence electrons. The van der Waals surface area contributed by atoms with Gasteiger partial charge in [0.15, 0.2) is 0 Å². The van der Waals surface area contributed by atoms with E-state index in [1.165, 1.54) is 13.1 Å². The maximum Gasteiger partial charge on any atom is 0.416 e. The number of benzene rings is 2. The Morgan fingerprint density at radius 3 is 2.33 bits per heavy atom. The van der Waals surface area contributed by atoms with Gasteiger partial charge in [-0.3, -0.25) is 4.79 Å². The summed E-state index contributed by atoms with van der Waals surface area (Å²) in [7, 11) is 1.49. The lowest BCUT2D eigenvalue weighted by atomic mass is 9.77. The molecule has 2 aromatic carbocycles. The Balaban J connectivity index is 1.90. The van der Waals surface area contributed by atoms with E-state index in [1.54, 1.807) is 0 Å². The number of carbonyl (C=O) groups is 1. The van der Waals surface area contributed by atoms with Crippen molar-refractivity contribution in [3.63, 3.8) is 0 Å². The SMILES string of the molecule is CNc1cc(C(F)(F)F)ccc1C(=O)NC(c1ccccc1)C1(C)COC1. The fraction of sp³-hybridized carbons (Fsp3) is 0.350. The molecule has 0 aromatic heterocycles. The maximum absolute atomic E-state index is 12.9. The molecule has 2 aromatic rings. The molecule has 0 bridgehead atoms. The van der Waals surface area contributed by atoms with Gasteiger partial charge < -0.3 is 15.4 Å². The molecule has 0 radical (unpaired) electrons. The average molecular weight is 378 g/mol. The highest BCUT2D eigenvalue weighted by molar-refractivity contribution is 6.00. The molecule has 1 saturated heterocycles. The topological polar surface area (TPSA) is 50.4 Å². The van der Waals surface area contributed by atoms with Gasteiger partial charge in [-0.25, -0.2) is 0 Å². The van der Waals surface area contributed by atoms with Gasteiger partial charge in [0, 0.05) is 18.2 Å². The summed E-state index contributed by atoms with van der Waals surface area (Å²) in [6.45, 7) is 3.01. The van der Waals surface area contributed by atoms with E-state index in [-0.39, 0.29) is 22.7 Å². The minimum Gasteiger partial charge on any atom is -0.387 e. The Morgan fingerprint density at radius 2 is 1.81 bits per heavy atom. The number of alkyl halides is 3. The summed E-state index contributed by atoms with van der Waals surface area (Å²) in [5, 5.41) is 5.67. The molecule has 2 N–H and O–H groups in total. The van der Waals surface area contributed by atoms with Gasteiger partial charge in [-0.15, -0.1) is 0 Å². The number of rotatable bonds is 5. The predicted octanol–water partition coefficient (Wildman–Crippen LogP) is 4.25. The summed E-state index contributed by atoms with van der Waals surface area (Å²) in [6, 6.07) is 12.2. The molecule has 0 aliphatic carbocycles. The zero-order valence-corrected chi connectivity index (χ0v) is 15.1. The van der Waals surface area contributed by atoms with Gasteiger partial charge in [0.1, 0.15) is 0 Å². The van der Waals surface area contributed by atoms with Gasteiger partial charge in [-0.1, -0.05) is 37.3 Å². The molecule has 0 saturated carbocycles. The van der Waals surface area contributed by atoms with Crippen molar-refractivity contribution >= 4 is 11.6 Å². The van der Waals surface area contributed by atoms with Crippen LogP contribution in [0.25, 0.3) is 0 Å². The van der Waals surface area contributed by atoms with Crippen LogP contribution in [-0.2, 0) is 10.9 Å². The molecule has 1 aliphatic rings. The normalized spacial score (nSPS) is 16.9. The Labute approximate surface area is 155 Å². The van der Waals surface area contributed by atoms with Gasteiger partial charge in [-0.2, -0.15) is 13.2 Å². The third kappa shape index (κ3) is 3.93. The lowest BCUT2D eigenvalue weighted by Crippen LogP contribution is -2.51. The molecule has 1 aliphatic heterocycles. The van der Waals surface area contributed by atoms with Crippen molar-refractivity contribution in [2.45, 2.75) is 19.1 Å². The van der Waals surface area contributed by atoms with Gasteiger partial charge in [0.2, 0.25) is 0 Å². The van der Waals surface area contributed by atoms with E-state index in [9.17, 15) is 18.0 Å². The highest BCUT2D eigenvalue weighted by Crippen LogP contribution is 2.40. The minimum absolute atomic E-state index is 0.129. The van der Waals surface area contributed by atoms with E-state index < -0.39 is 17.6 Å². The first-order valence-corrected chi connectivity index (χ1v) is 8.57. The zero-order valence-electron chi connectivity index (χ0n) is 15.1. The van der Waals surface area contributed by atoms with E-state index in [1.807, 2.05) is 37.3 Å². The molecule has 4 nitrogen and oxygen atoms in total. The lowest BCUT2D eigenvalue weighted by Gasteiger charge is -2.44. The van der Waals surface area contributed by atoms with Gasteiger partial charge in [0.05, 0.1) is 30.4 Å². The molecule has 1 unspecified atom stereocenters. The zero-order chi connectivity index (χ0) is 19.7. The number of halogens is 3. The summed E-state index contributed by atoms with van der Waals surface area (Å²) in [5.74, 6) is -0.435. The summed E-state index contributed by atoms with van der Waals surface area (Å²) in [6.07, 6.45) is -4.47. The number of carbonyl (C=O) groups excluding carboxylic acids is 1. The molecule has 7 heteroatoms.